The van der Waals surface area contributed by atoms with Crippen LogP contribution < -0.4 is 20.3 Å². The standard InChI is InChI=1S/C30H39N5O7S/c36-26-25-17-22(42-29(39)34-16-8-10-20-9-5-6-12-24(20)34)19-35(25)28(38)31-15-7-3-1-2-4-11-21-18-30(21,32-26)27(37)33-43(40,41)23-13-14-23/h4-6,9,11-12,21-23,25H,1-3,7-8,10,13-19H2,(H,31,38)(H,32,36)(H,33,37)/t21-,22-,25+,30-/m1/s1. The van der Waals surface area contributed by atoms with E-state index in [0.717, 1.165) is 49.8 Å². The molecular formula is C30H39N5O7S. The Morgan fingerprint density at radius 3 is 2.70 bits per heavy atom. The van der Waals surface area contributed by atoms with Crippen molar-refractivity contribution >= 4 is 39.6 Å². The van der Waals surface area contributed by atoms with Gasteiger partial charge in [0.05, 0.1) is 17.5 Å². The van der Waals surface area contributed by atoms with E-state index in [-0.39, 0.29) is 25.3 Å². The molecule has 3 N–H and O–H groups in total. The first kappa shape index (κ1) is 29.5. The number of amides is 5. The van der Waals surface area contributed by atoms with Crippen LogP contribution in [0.1, 0.15) is 63.4 Å². The SMILES string of the molecule is O=C1N[C@]2(C(=O)NS(=O)(=O)C3CC3)C[C@H]2C=CCCCCCNC(=O)N2C[C@H](OC(=O)N3CCCc4ccccc43)C[C@@H]12. The summed E-state index contributed by atoms with van der Waals surface area (Å²) in [4.78, 5) is 56.7. The minimum absolute atomic E-state index is 0.0176. The number of hydrogen-bond acceptors (Lipinski definition) is 7. The average Bonchev–Trinajstić information content (AvgIpc) is 3.91. The molecule has 5 aliphatic rings. The monoisotopic (exact) mass is 613 g/mol. The van der Waals surface area contributed by atoms with Crippen LogP contribution in [0.5, 0.6) is 0 Å². The van der Waals surface area contributed by atoms with Gasteiger partial charge in [-0.05, 0) is 63.0 Å². The molecule has 3 heterocycles. The Hall–Kier alpha value is -3.61. The number of benzene rings is 1. The zero-order chi connectivity index (χ0) is 30.2. The second-order valence-corrected chi connectivity index (χ2v) is 14.2. The normalized spacial score (nSPS) is 29.5. The Morgan fingerprint density at radius 2 is 1.88 bits per heavy atom. The fourth-order valence-electron chi connectivity index (χ4n) is 6.37. The Balaban J connectivity index is 1.20. The largest absolute Gasteiger partial charge is 0.444 e. The minimum Gasteiger partial charge on any atom is -0.444 e. The van der Waals surface area contributed by atoms with Crippen LogP contribution in [-0.2, 0) is 30.8 Å². The average molecular weight is 614 g/mol. The van der Waals surface area contributed by atoms with Crippen molar-refractivity contribution in [2.24, 2.45) is 5.92 Å². The van der Waals surface area contributed by atoms with E-state index in [2.05, 4.69) is 15.4 Å². The first-order chi connectivity index (χ1) is 20.7. The quantitative estimate of drug-likeness (QED) is 0.441. The lowest BCUT2D eigenvalue weighted by atomic mass is 10.0. The van der Waals surface area contributed by atoms with Gasteiger partial charge in [-0.3, -0.25) is 19.2 Å². The third kappa shape index (κ3) is 6.22. The summed E-state index contributed by atoms with van der Waals surface area (Å²) in [7, 11) is -3.82. The van der Waals surface area contributed by atoms with Crippen LogP contribution in [0.15, 0.2) is 36.4 Å². The van der Waals surface area contributed by atoms with Crippen molar-refractivity contribution in [3.05, 3.63) is 42.0 Å². The number of sulfonamides is 1. The summed E-state index contributed by atoms with van der Waals surface area (Å²) < 4.78 is 33.3. The number of anilines is 1. The summed E-state index contributed by atoms with van der Waals surface area (Å²) in [5.41, 5.74) is 0.428. The number of allylic oxidation sites excluding steroid dienone is 1. The number of carbonyl (C=O) groups is 4. The van der Waals surface area contributed by atoms with Gasteiger partial charge >= 0.3 is 12.1 Å². The van der Waals surface area contributed by atoms with Gasteiger partial charge in [0.15, 0.2) is 0 Å². The molecular weight excluding hydrogens is 574 g/mol. The summed E-state index contributed by atoms with van der Waals surface area (Å²) in [6, 6.07) is 6.21. The molecule has 0 aromatic heterocycles. The second kappa shape index (κ2) is 11.8. The number of ether oxygens (including phenoxy) is 1. The number of aryl methyl sites for hydroxylation is 1. The highest BCUT2D eigenvalue weighted by molar-refractivity contribution is 7.91. The lowest BCUT2D eigenvalue weighted by Gasteiger charge is -2.29. The number of nitrogens with zero attached hydrogens (tertiary/aromatic N) is 2. The van der Waals surface area contributed by atoms with Crippen LogP contribution in [0.2, 0.25) is 0 Å². The Bertz CT molecular complexity index is 1430. The maximum atomic E-state index is 13.8. The van der Waals surface area contributed by atoms with E-state index >= 15 is 0 Å². The second-order valence-electron chi connectivity index (χ2n) is 12.2. The van der Waals surface area contributed by atoms with Gasteiger partial charge in [0.2, 0.25) is 15.9 Å². The first-order valence-corrected chi connectivity index (χ1v) is 16.9. The van der Waals surface area contributed by atoms with E-state index in [4.69, 9.17) is 4.74 Å². The van der Waals surface area contributed by atoms with Crippen molar-refractivity contribution in [1.82, 2.24) is 20.3 Å². The third-order valence-electron chi connectivity index (χ3n) is 9.08. The van der Waals surface area contributed by atoms with Crippen LogP contribution in [0.25, 0.3) is 0 Å². The predicted octanol–water partition coefficient (Wildman–Crippen LogP) is 2.34. The van der Waals surface area contributed by atoms with Crippen molar-refractivity contribution in [2.45, 2.75) is 87.1 Å². The van der Waals surface area contributed by atoms with Crippen molar-refractivity contribution in [3.63, 3.8) is 0 Å². The maximum Gasteiger partial charge on any atom is 0.414 e. The molecule has 232 valence electrons. The molecule has 1 aromatic carbocycles. The molecule has 0 bridgehead atoms. The topological polar surface area (TPSA) is 154 Å². The summed E-state index contributed by atoms with van der Waals surface area (Å²) in [5.74, 6) is -1.71. The smallest absolute Gasteiger partial charge is 0.414 e. The highest BCUT2D eigenvalue weighted by Crippen LogP contribution is 2.46. The summed E-state index contributed by atoms with van der Waals surface area (Å²) in [6.45, 7) is 0.965. The molecule has 2 saturated carbocycles. The molecule has 3 aliphatic heterocycles. The molecule has 0 radical (unpaired) electrons. The number of rotatable bonds is 4. The van der Waals surface area contributed by atoms with E-state index < -0.39 is 56.9 Å². The van der Waals surface area contributed by atoms with Crippen LogP contribution in [-0.4, -0.2) is 79.8 Å². The predicted molar refractivity (Wildman–Crippen MR) is 158 cm³/mol. The Kier molecular flexibility index (Phi) is 8.10. The van der Waals surface area contributed by atoms with Gasteiger partial charge in [-0.2, -0.15) is 0 Å². The molecule has 4 atom stereocenters. The fraction of sp³-hybridized carbons (Fsp3) is 0.600. The molecule has 6 rings (SSSR count). The molecule has 1 saturated heterocycles. The van der Waals surface area contributed by atoms with Crippen LogP contribution >= 0.6 is 0 Å². The highest BCUT2D eigenvalue weighted by Gasteiger charge is 2.62. The number of carbonyl (C=O) groups excluding carboxylic acids is 4. The summed E-state index contributed by atoms with van der Waals surface area (Å²) in [5, 5.41) is 5.11. The number of fused-ring (bicyclic) bond motifs is 3. The Morgan fingerprint density at radius 1 is 1.07 bits per heavy atom. The van der Waals surface area contributed by atoms with Crippen molar-refractivity contribution in [1.29, 1.82) is 0 Å². The van der Waals surface area contributed by atoms with E-state index in [1.165, 1.54) is 4.90 Å². The Labute approximate surface area is 251 Å². The molecule has 2 aliphatic carbocycles. The van der Waals surface area contributed by atoms with E-state index in [1.54, 1.807) is 4.90 Å². The van der Waals surface area contributed by atoms with E-state index in [0.29, 0.717) is 25.9 Å². The molecule has 43 heavy (non-hydrogen) atoms. The van der Waals surface area contributed by atoms with E-state index in [1.807, 2.05) is 36.4 Å². The minimum atomic E-state index is -3.82. The molecule has 13 heteroatoms. The fourth-order valence-corrected chi connectivity index (χ4v) is 7.74. The van der Waals surface area contributed by atoms with Crippen LogP contribution in [0, 0.1) is 5.92 Å². The van der Waals surface area contributed by atoms with Crippen LogP contribution in [0.4, 0.5) is 15.3 Å². The molecule has 0 spiro atoms. The molecule has 5 amide bonds. The number of urea groups is 1. The lowest BCUT2D eigenvalue weighted by molar-refractivity contribution is -0.131. The highest BCUT2D eigenvalue weighted by atomic mass is 32.2. The third-order valence-corrected chi connectivity index (χ3v) is 10.9. The maximum absolute atomic E-state index is 13.8. The number of hydrogen-bond donors (Lipinski definition) is 3. The van der Waals surface area contributed by atoms with Crippen LogP contribution in [0.3, 0.4) is 0 Å². The summed E-state index contributed by atoms with van der Waals surface area (Å²) in [6.07, 6.45) is 8.88. The van der Waals surface area contributed by atoms with Gasteiger partial charge in [-0.1, -0.05) is 36.8 Å². The van der Waals surface area contributed by atoms with E-state index in [9.17, 15) is 27.6 Å². The van der Waals surface area contributed by atoms with Gasteiger partial charge < -0.3 is 20.3 Å². The zero-order valence-corrected chi connectivity index (χ0v) is 24.9. The van der Waals surface area contributed by atoms with Gasteiger partial charge in [-0.25, -0.2) is 18.0 Å². The van der Waals surface area contributed by atoms with Gasteiger partial charge in [0, 0.05) is 25.4 Å². The zero-order valence-electron chi connectivity index (χ0n) is 24.1. The first-order valence-electron chi connectivity index (χ1n) is 15.3. The van der Waals surface area contributed by atoms with Crippen molar-refractivity contribution in [2.75, 3.05) is 24.5 Å². The number of nitrogens with one attached hydrogen (secondary N) is 3. The summed E-state index contributed by atoms with van der Waals surface area (Å²) >= 11 is 0. The van der Waals surface area contributed by atoms with Gasteiger partial charge in [-0.15, -0.1) is 0 Å². The van der Waals surface area contributed by atoms with Gasteiger partial charge in [0.25, 0.3) is 5.91 Å². The molecule has 3 fully saturated rings. The van der Waals surface area contributed by atoms with Crippen molar-refractivity contribution in [3.8, 4) is 0 Å². The number of para-hydroxylation sites is 1. The lowest BCUT2D eigenvalue weighted by Crippen LogP contribution is -2.57. The van der Waals surface area contributed by atoms with Crippen molar-refractivity contribution < 1.29 is 32.3 Å². The molecule has 1 aromatic rings. The molecule has 12 nitrogen and oxygen atoms in total. The molecule has 0 unspecified atom stereocenters. The van der Waals surface area contributed by atoms with Gasteiger partial charge in [0.1, 0.15) is 17.7 Å².